The van der Waals surface area contributed by atoms with E-state index in [9.17, 15) is 45.8 Å². The molecule has 1 saturated carbocycles. The van der Waals surface area contributed by atoms with E-state index in [1.54, 1.807) is 41.5 Å². The number of aliphatic imine (C=N–C) groups is 1. The maximum absolute atomic E-state index is 12.5. The molecule has 0 spiro atoms. The highest BCUT2D eigenvalue weighted by Crippen LogP contribution is 2.36. The molecule has 308 valence electrons. The van der Waals surface area contributed by atoms with E-state index in [1.165, 1.54) is 6.92 Å². The number of aliphatic hydroxyl groups excluding tert-OH is 6. The molecule has 0 aromatic carbocycles. The van der Waals surface area contributed by atoms with E-state index in [1.807, 2.05) is 0 Å². The second-order valence-electron chi connectivity index (χ2n) is 14.8. The van der Waals surface area contributed by atoms with Crippen LogP contribution in [0.4, 0.5) is 9.59 Å². The van der Waals surface area contributed by atoms with Crippen LogP contribution >= 0.6 is 0 Å². The van der Waals surface area contributed by atoms with Crippen molar-refractivity contribution >= 4 is 18.1 Å². The standard InChI is InChI=1S/C29H48N12O14/c1-10(42)20-18(46)17(45)14(38-41-32)23(51-20)52-21-12(37-40-31)8-11(36-39-30)15(43)22(21)53-24-19(47)16(44)13(50-24)9-33-25(34-26(48)54-28(2,3)4)35-27(49)55-29(5,6)7/h10-24,42-47H,8-9H2,1-7H3,(H2,33,34,35,48,49)/t10-,11-,12?,13-,14?,15-,16?,17?,18+,19?,20?,21-,22?,23-,24+/m1/s1. The minimum absolute atomic E-state index is 0.337. The molecule has 3 fully saturated rings. The van der Waals surface area contributed by atoms with Crippen LogP contribution < -0.4 is 10.6 Å². The molecule has 2 amide bonds. The van der Waals surface area contributed by atoms with Gasteiger partial charge in [-0.2, -0.15) is 0 Å². The van der Waals surface area contributed by atoms with Gasteiger partial charge in [-0.3, -0.25) is 10.6 Å². The number of guanidine groups is 1. The topological polar surface area (TPSA) is 394 Å². The molecule has 0 bridgehead atoms. The number of hydrogen-bond acceptors (Lipinski definition) is 18. The van der Waals surface area contributed by atoms with Gasteiger partial charge in [0.1, 0.15) is 53.9 Å². The van der Waals surface area contributed by atoms with Crippen molar-refractivity contribution in [2.75, 3.05) is 6.54 Å². The third-order valence-electron chi connectivity index (χ3n) is 8.15. The third kappa shape index (κ3) is 12.4. The van der Waals surface area contributed by atoms with Crippen molar-refractivity contribution in [3.8, 4) is 0 Å². The Morgan fingerprint density at radius 2 is 1.27 bits per heavy atom. The fourth-order valence-electron chi connectivity index (χ4n) is 5.79. The van der Waals surface area contributed by atoms with Crippen LogP contribution in [-0.2, 0) is 28.4 Å². The summed E-state index contributed by atoms with van der Waals surface area (Å²) in [5, 5.41) is 79.8. The molecule has 3 aliphatic rings. The lowest BCUT2D eigenvalue weighted by Crippen LogP contribution is -2.64. The highest BCUT2D eigenvalue weighted by atomic mass is 16.7. The number of nitrogens with one attached hydrogen (secondary N) is 2. The number of ether oxygens (including phenoxy) is 6. The van der Waals surface area contributed by atoms with Crippen molar-refractivity contribution in [2.45, 2.75) is 158 Å². The number of hydrogen-bond donors (Lipinski definition) is 8. The van der Waals surface area contributed by atoms with Gasteiger partial charge < -0.3 is 59.1 Å². The van der Waals surface area contributed by atoms with Crippen LogP contribution in [0.3, 0.4) is 0 Å². The number of rotatable bonds is 10. The second kappa shape index (κ2) is 19.1. The molecule has 8 N–H and O–H groups in total. The van der Waals surface area contributed by atoms with E-state index in [4.69, 9.17) is 39.5 Å². The van der Waals surface area contributed by atoms with Gasteiger partial charge in [0.2, 0.25) is 5.96 Å². The largest absolute Gasteiger partial charge is 0.444 e. The maximum atomic E-state index is 12.5. The van der Waals surface area contributed by atoms with Crippen LogP contribution in [0, 0.1) is 0 Å². The first-order valence-corrected chi connectivity index (χ1v) is 17.0. The van der Waals surface area contributed by atoms with E-state index in [0.29, 0.717) is 0 Å². The molecule has 2 aliphatic heterocycles. The van der Waals surface area contributed by atoms with Crippen molar-refractivity contribution in [1.82, 2.24) is 10.6 Å². The third-order valence-corrected chi connectivity index (χ3v) is 8.15. The highest BCUT2D eigenvalue weighted by Gasteiger charge is 2.54. The average molecular weight is 789 g/mol. The van der Waals surface area contributed by atoms with E-state index in [-0.39, 0.29) is 6.42 Å². The number of azide groups is 3. The summed E-state index contributed by atoms with van der Waals surface area (Å²) in [6, 6.07) is -4.33. The first-order valence-electron chi connectivity index (χ1n) is 17.0. The molecule has 26 nitrogen and oxygen atoms in total. The summed E-state index contributed by atoms with van der Waals surface area (Å²) in [6.07, 6.45) is -22.6. The number of alkyl carbamates (subject to hydrolysis) is 2. The predicted octanol–water partition coefficient (Wildman–Crippen LogP) is 0.238. The fraction of sp³-hybridized carbons (Fsp3) is 0.897. The Labute approximate surface area is 313 Å². The molecular weight excluding hydrogens is 740 g/mol. The highest BCUT2D eigenvalue weighted by molar-refractivity contribution is 6.01. The first-order chi connectivity index (χ1) is 25.6. The van der Waals surface area contributed by atoms with Crippen LogP contribution in [0.25, 0.3) is 31.3 Å². The Hall–Kier alpha value is -4.26. The normalized spacial score (nSPS) is 35.4. The number of carbonyl (C=O) groups excluding carboxylic acids is 2. The van der Waals surface area contributed by atoms with Crippen LogP contribution in [-0.4, -0.2) is 158 Å². The second-order valence-corrected chi connectivity index (χ2v) is 14.8. The van der Waals surface area contributed by atoms with Crippen LogP contribution in [0.1, 0.15) is 54.9 Å². The molecule has 2 saturated heterocycles. The van der Waals surface area contributed by atoms with Gasteiger partial charge in [0.15, 0.2) is 12.6 Å². The number of nitrogens with zero attached hydrogens (tertiary/aromatic N) is 10. The van der Waals surface area contributed by atoms with Crippen LogP contribution in [0.15, 0.2) is 20.3 Å². The molecule has 3 rings (SSSR count). The van der Waals surface area contributed by atoms with Gasteiger partial charge >= 0.3 is 12.2 Å². The Bertz CT molecular complexity index is 1490. The molecule has 0 aromatic heterocycles. The monoisotopic (exact) mass is 788 g/mol. The van der Waals surface area contributed by atoms with E-state index < -0.39 is 128 Å². The summed E-state index contributed by atoms with van der Waals surface area (Å²) < 4.78 is 33.7. The van der Waals surface area contributed by atoms with Gasteiger partial charge in [-0.25, -0.2) is 14.6 Å². The fourth-order valence-corrected chi connectivity index (χ4v) is 5.79. The molecule has 55 heavy (non-hydrogen) atoms. The van der Waals surface area contributed by atoms with E-state index in [0.717, 1.165) is 0 Å². The Kier molecular flexibility index (Phi) is 15.6. The van der Waals surface area contributed by atoms with E-state index >= 15 is 0 Å². The Morgan fingerprint density at radius 1 is 0.745 bits per heavy atom. The molecule has 2 heterocycles. The molecule has 1 aliphatic carbocycles. The number of amides is 2. The smallest absolute Gasteiger partial charge is 0.414 e. The molecule has 26 heteroatoms. The van der Waals surface area contributed by atoms with Gasteiger partial charge in [0.05, 0.1) is 43.0 Å². The quantitative estimate of drug-likeness (QED) is 0.0483. The molecule has 0 aromatic rings. The van der Waals surface area contributed by atoms with Crippen LogP contribution in [0.5, 0.6) is 0 Å². The van der Waals surface area contributed by atoms with Crippen molar-refractivity contribution in [1.29, 1.82) is 0 Å². The lowest BCUT2D eigenvalue weighted by Gasteiger charge is -2.47. The zero-order valence-electron chi connectivity index (χ0n) is 31.0. The summed E-state index contributed by atoms with van der Waals surface area (Å²) in [5.74, 6) is -0.478. The van der Waals surface area contributed by atoms with Gasteiger partial charge in [0, 0.05) is 14.7 Å². The summed E-state index contributed by atoms with van der Waals surface area (Å²) in [4.78, 5) is 37.2. The molecule has 0 radical (unpaired) electrons. The van der Waals surface area contributed by atoms with E-state index in [2.05, 4.69) is 45.7 Å². The van der Waals surface area contributed by atoms with Crippen molar-refractivity contribution < 1.29 is 68.6 Å². The Balaban J connectivity index is 1.94. The molecular formula is C29H48N12O14. The minimum atomic E-state index is -1.87. The van der Waals surface area contributed by atoms with Crippen molar-refractivity contribution in [3.63, 3.8) is 0 Å². The van der Waals surface area contributed by atoms with Crippen molar-refractivity contribution in [3.05, 3.63) is 31.3 Å². The molecule has 15 atom stereocenters. The summed E-state index contributed by atoms with van der Waals surface area (Å²) in [6.45, 7) is 10.3. The summed E-state index contributed by atoms with van der Waals surface area (Å²) in [5.41, 5.74) is 25.8. The number of carbonyl (C=O) groups is 2. The van der Waals surface area contributed by atoms with Crippen molar-refractivity contribution in [2.24, 2.45) is 20.3 Å². The summed E-state index contributed by atoms with van der Waals surface area (Å²) in [7, 11) is 0. The van der Waals surface area contributed by atoms with Gasteiger partial charge in [-0.05, 0) is 71.5 Å². The molecule has 7 unspecified atom stereocenters. The van der Waals surface area contributed by atoms with Gasteiger partial charge in [0.25, 0.3) is 0 Å². The maximum Gasteiger partial charge on any atom is 0.414 e. The minimum Gasteiger partial charge on any atom is -0.444 e. The number of aliphatic hydroxyl groups is 6. The zero-order chi connectivity index (χ0) is 41.4. The lowest BCUT2D eigenvalue weighted by molar-refractivity contribution is -0.315. The van der Waals surface area contributed by atoms with Crippen LogP contribution in [0.2, 0.25) is 0 Å². The predicted molar refractivity (Wildman–Crippen MR) is 183 cm³/mol. The first kappa shape index (κ1) is 45.1. The zero-order valence-corrected chi connectivity index (χ0v) is 31.0. The van der Waals surface area contributed by atoms with Gasteiger partial charge in [-0.15, -0.1) is 0 Å². The lowest BCUT2D eigenvalue weighted by atomic mass is 9.84. The van der Waals surface area contributed by atoms with Gasteiger partial charge in [-0.1, -0.05) is 15.3 Å². The SMILES string of the molecule is C[C@@H](O)C1O[C@H](O[C@@H]2C(N=[N+]=[N-])C[C@@H](N=[N+]=[N-])[C@@H](O)C2O[C@@H]2O[C@H](CN=C(NC(=O)OC(C)(C)C)NC(=O)OC(C)(C)C)C(O)C2O)C(N=[N+]=[N-])C(O)[C@@H]1O. The summed E-state index contributed by atoms with van der Waals surface area (Å²) >= 11 is 0. The average Bonchev–Trinajstić information content (AvgIpc) is 3.32. The Morgan fingerprint density at radius 3 is 1.78 bits per heavy atom.